The van der Waals surface area contributed by atoms with Gasteiger partial charge in [0.25, 0.3) is 0 Å². The lowest BCUT2D eigenvalue weighted by molar-refractivity contribution is -0.137. The molecule has 2 unspecified atom stereocenters. The molecule has 1 rings (SSSR count). The number of carboxylic acid groups (broad SMARTS) is 1. The first kappa shape index (κ1) is 10.5. The van der Waals surface area contributed by atoms with E-state index >= 15 is 0 Å². The van der Waals surface area contributed by atoms with Gasteiger partial charge in [-0.15, -0.1) is 0 Å². The van der Waals surface area contributed by atoms with Crippen molar-refractivity contribution in [1.82, 2.24) is 0 Å². The van der Waals surface area contributed by atoms with Gasteiger partial charge in [-0.1, -0.05) is 0 Å². The number of carbonyl (C=O) groups is 1. The lowest BCUT2D eigenvalue weighted by Crippen LogP contribution is -2.28. The van der Waals surface area contributed by atoms with Gasteiger partial charge in [-0.2, -0.15) is 0 Å². The van der Waals surface area contributed by atoms with Gasteiger partial charge in [-0.3, -0.25) is 4.79 Å². The third-order valence-corrected chi connectivity index (χ3v) is 4.08. The van der Waals surface area contributed by atoms with E-state index in [1.807, 2.05) is 0 Å². The Morgan fingerprint density at radius 1 is 1.46 bits per heavy atom. The van der Waals surface area contributed by atoms with Crippen LogP contribution in [0, 0.1) is 5.92 Å². The minimum Gasteiger partial charge on any atom is -0.481 e. The van der Waals surface area contributed by atoms with Crippen LogP contribution in [0.4, 0.5) is 0 Å². The van der Waals surface area contributed by atoms with E-state index in [-0.39, 0.29) is 29.9 Å². The van der Waals surface area contributed by atoms with Crippen LogP contribution in [0.3, 0.4) is 0 Å². The van der Waals surface area contributed by atoms with Crippen molar-refractivity contribution in [3.8, 4) is 0 Å². The SMILES string of the molecule is NC1CS(=O)(=O)CC1CCC(=O)O. The molecule has 0 aliphatic carbocycles. The minimum absolute atomic E-state index is 0.00269. The molecule has 6 heteroatoms. The summed E-state index contributed by atoms with van der Waals surface area (Å²) in [6.45, 7) is 0. The molecule has 0 aromatic rings. The molecule has 0 saturated carbocycles. The normalized spacial score (nSPS) is 31.8. The number of sulfone groups is 1. The molecule has 0 aromatic carbocycles. The fourth-order valence-electron chi connectivity index (χ4n) is 1.55. The predicted octanol–water partition coefficient (Wildman–Crippen LogP) is -0.777. The van der Waals surface area contributed by atoms with E-state index in [0.717, 1.165) is 0 Å². The van der Waals surface area contributed by atoms with Crippen molar-refractivity contribution in [3.63, 3.8) is 0 Å². The number of nitrogens with two attached hydrogens (primary N) is 1. The molecular formula is C7H13NO4S. The summed E-state index contributed by atoms with van der Waals surface area (Å²) in [5, 5.41) is 8.40. The van der Waals surface area contributed by atoms with E-state index in [1.165, 1.54) is 0 Å². The average Bonchev–Trinajstić information content (AvgIpc) is 2.20. The first-order chi connectivity index (χ1) is 5.91. The predicted molar refractivity (Wildman–Crippen MR) is 47.0 cm³/mol. The van der Waals surface area contributed by atoms with Gasteiger partial charge < -0.3 is 10.8 Å². The Morgan fingerprint density at radius 3 is 2.46 bits per heavy atom. The van der Waals surface area contributed by atoms with Crippen LogP contribution in [-0.2, 0) is 14.6 Å². The van der Waals surface area contributed by atoms with Gasteiger partial charge in [0.15, 0.2) is 9.84 Å². The maximum atomic E-state index is 11.1. The maximum absolute atomic E-state index is 11.1. The first-order valence-electron chi connectivity index (χ1n) is 4.08. The van der Waals surface area contributed by atoms with Crippen LogP contribution in [0.1, 0.15) is 12.8 Å². The van der Waals surface area contributed by atoms with E-state index in [9.17, 15) is 13.2 Å². The highest BCUT2D eigenvalue weighted by atomic mass is 32.2. The molecule has 76 valence electrons. The van der Waals surface area contributed by atoms with Crippen molar-refractivity contribution in [2.75, 3.05) is 11.5 Å². The van der Waals surface area contributed by atoms with Crippen molar-refractivity contribution in [2.24, 2.45) is 11.7 Å². The fourth-order valence-corrected chi connectivity index (χ4v) is 3.61. The van der Waals surface area contributed by atoms with Gasteiger partial charge in [0.2, 0.25) is 0 Å². The highest BCUT2D eigenvalue weighted by Crippen LogP contribution is 2.21. The van der Waals surface area contributed by atoms with Gasteiger partial charge >= 0.3 is 5.97 Å². The summed E-state index contributed by atoms with van der Waals surface area (Å²) in [5.74, 6) is -1.05. The standard InChI is InChI=1S/C7H13NO4S/c8-6-4-13(11,12)3-5(6)1-2-7(9)10/h5-6H,1-4,8H2,(H,9,10). The molecule has 3 N–H and O–H groups in total. The molecule has 0 bridgehead atoms. The Hall–Kier alpha value is -0.620. The third kappa shape index (κ3) is 2.96. The zero-order valence-electron chi connectivity index (χ0n) is 7.14. The number of aliphatic carboxylic acids is 1. The molecular weight excluding hydrogens is 194 g/mol. The maximum Gasteiger partial charge on any atom is 0.303 e. The highest BCUT2D eigenvalue weighted by molar-refractivity contribution is 7.91. The zero-order chi connectivity index (χ0) is 10.1. The number of hydrogen-bond donors (Lipinski definition) is 2. The average molecular weight is 207 g/mol. The monoisotopic (exact) mass is 207 g/mol. The van der Waals surface area contributed by atoms with Crippen LogP contribution in [0.2, 0.25) is 0 Å². The van der Waals surface area contributed by atoms with Gasteiger partial charge in [0.1, 0.15) is 0 Å². The van der Waals surface area contributed by atoms with Crippen LogP contribution >= 0.6 is 0 Å². The molecule has 0 amide bonds. The van der Waals surface area contributed by atoms with Crippen molar-refractivity contribution in [3.05, 3.63) is 0 Å². The number of hydrogen-bond acceptors (Lipinski definition) is 4. The summed E-state index contributed by atoms with van der Waals surface area (Å²) in [6.07, 6.45) is 0.351. The molecule has 5 nitrogen and oxygen atoms in total. The van der Waals surface area contributed by atoms with Gasteiger partial charge in [-0.25, -0.2) is 8.42 Å². The summed E-state index contributed by atoms with van der Waals surface area (Å²) in [5.41, 5.74) is 5.57. The molecule has 0 radical (unpaired) electrons. The van der Waals surface area contributed by atoms with Crippen molar-refractivity contribution in [1.29, 1.82) is 0 Å². The summed E-state index contributed by atoms with van der Waals surface area (Å²) in [7, 11) is -3.01. The molecule has 1 aliphatic heterocycles. The van der Waals surface area contributed by atoms with Gasteiger partial charge in [0.05, 0.1) is 11.5 Å². The number of carboxylic acids is 1. The molecule has 1 fully saturated rings. The largest absolute Gasteiger partial charge is 0.481 e. The summed E-state index contributed by atoms with van der Waals surface area (Å²) in [4.78, 5) is 10.2. The Labute approximate surface area is 76.8 Å². The van der Waals surface area contributed by atoms with Crippen LogP contribution in [0.5, 0.6) is 0 Å². The summed E-state index contributed by atoms with van der Waals surface area (Å²) in [6, 6.07) is -0.385. The van der Waals surface area contributed by atoms with Gasteiger partial charge in [-0.05, 0) is 12.3 Å². The van der Waals surface area contributed by atoms with E-state index in [0.29, 0.717) is 6.42 Å². The second-order valence-corrected chi connectivity index (χ2v) is 5.59. The van der Waals surface area contributed by atoms with E-state index in [4.69, 9.17) is 10.8 Å². The lowest BCUT2D eigenvalue weighted by atomic mass is 9.99. The number of rotatable bonds is 3. The molecule has 1 saturated heterocycles. The second-order valence-electron chi connectivity index (χ2n) is 3.43. The summed E-state index contributed by atoms with van der Waals surface area (Å²) >= 11 is 0. The van der Waals surface area contributed by atoms with Crippen molar-refractivity contribution in [2.45, 2.75) is 18.9 Å². The Morgan fingerprint density at radius 2 is 2.08 bits per heavy atom. The quantitative estimate of drug-likeness (QED) is 0.633. The molecule has 2 atom stereocenters. The minimum atomic E-state index is -3.01. The lowest BCUT2D eigenvalue weighted by Gasteiger charge is -2.10. The summed E-state index contributed by atoms with van der Waals surface area (Å²) < 4.78 is 22.1. The van der Waals surface area contributed by atoms with E-state index in [2.05, 4.69) is 0 Å². The molecule has 1 aliphatic rings. The topological polar surface area (TPSA) is 97.5 Å². The zero-order valence-corrected chi connectivity index (χ0v) is 7.96. The van der Waals surface area contributed by atoms with Crippen molar-refractivity contribution >= 4 is 15.8 Å². The fraction of sp³-hybridized carbons (Fsp3) is 0.857. The smallest absolute Gasteiger partial charge is 0.303 e. The van der Waals surface area contributed by atoms with Crippen molar-refractivity contribution < 1.29 is 18.3 Å². The van der Waals surface area contributed by atoms with Crippen LogP contribution < -0.4 is 5.73 Å². The Balaban J connectivity index is 2.49. The Bertz CT molecular complexity index is 298. The first-order valence-corrected chi connectivity index (χ1v) is 5.90. The second kappa shape index (κ2) is 3.63. The molecule has 1 heterocycles. The van der Waals surface area contributed by atoms with Crippen LogP contribution in [-0.4, -0.2) is 37.0 Å². The van der Waals surface area contributed by atoms with Crippen LogP contribution in [0.15, 0.2) is 0 Å². The molecule has 0 spiro atoms. The third-order valence-electron chi connectivity index (χ3n) is 2.25. The molecule has 0 aromatic heterocycles. The van der Waals surface area contributed by atoms with Crippen LogP contribution in [0.25, 0.3) is 0 Å². The molecule has 13 heavy (non-hydrogen) atoms. The highest BCUT2D eigenvalue weighted by Gasteiger charge is 2.34. The van der Waals surface area contributed by atoms with E-state index < -0.39 is 15.8 Å². The Kier molecular flexibility index (Phi) is 2.92. The van der Waals surface area contributed by atoms with Gasteiger partial charge in [0, 0.05) is 12.5 Å². The van der Waals surface area contributed by atoms with E-state index in [1.54, 1.807) is 0 Å².